The highest BCUT2D eigenvalue weighted by molar-refractivity contribution is 7.99. The molecule has 7 heteroatoms. The van der Waals surface area contributed by atoms with Gasteiger partial charge < -0.3 is 10.2 Å². The lowest BCUT2D eigenvalue weighted by atomic mass is 10.1. The van der Waals surface area contributed by atoms with Crippen molar-refractivity contribution < 1.29 is 18.4 Å². The van der Waals surface area contributed by atoms with Crippen LogP contribution >= 0.6 is 11.8 Å². The lowest BCUT2D eigenvalue weighted by molar-refractivity contribution is -0.138. The molecule has 0 saturated carbocycles. The van der Waals surface area contributed by atoms with Crippen LogP contribution in [0.3, 0.4) is 0 Å². The van der Waals surface area contributed by atoms with Crippen molar-refractivity contribution in [2.24, 2.45) is 0 Å². The Morgan fingerprint density at radius 1 is 1.04 bits per heavy atom. The first-order valence-electron chi connectivity index (χ1n) is 9.05. The molecule has 2 aromatic carbocycles. The third kappa shape index (κ3) is 6.05. The van der Waals surface area contributed by atoms with E-state index in [1.54, 1.807) is 50.2 Å². The molecule has 1 N–H and O–H groups in total. The number of likely N-dealkylation sites (N-methyl/N-ethyl adjacent to an activating group) is 1. The summed E-state index contributed by atoms with van der Waals surface area (Å²) in [5.41, 5.74) is 0.851. The Morgan fingerprint density at radius 3 is 2.18 bits per heavy atom. The van der Waals surface area contributed by atoms with Gasteiger partial charge in [0.05, 0.1) is 5.75 Å². The Bertz CT molecular complexity index is 816. The second-order valence-corrected chi connectivity index (χ2v) is 7.25. The van der Waals surface area contributed by atoms with E-state index in [0.717, 1.165) is 0 Å². The van der Waals surface area contributed by atoms with Crippen molar-refractivity contribution in [3.05, 3.63) is 71.3 Å². The quantitative estimate of drug-likeness (QED) is 0.690. The molecule has 0 aliphatic carbocycles. The number of rotatable bonds is 9. The van der Waals surface area contributed by atoms with Gasteiger partial charge in [0, 0.05) is 24.4 Å². The van der Waals surface area contributed by atoms with Gasteiger partial charge in [-0.3, -0.25) is 9.59 Å². The molecule has 0 aliphatic rings. The standard InChI is InChI=1S/C21H24F2N2O2S/c1-3-24-21(27)15(2)25(12-16-8-4-6-10-18(16)22)20(26)14-28-13-17-9-5-7-11-19(17)23/h4-11,15H,3,12-14H2,1-2H3,(H,24,27)/t15-/m1/s1. The third-order valence-electron chi connectivity index (χ3n) is 4.26. The summed E-state index contributed by atoms with van der Waals surface area (Å²) in [5.74, 6) is -0.952. The summed E-state index contributed by atoms with van der Waals surface area (Å²) < 4.78 is 27.8. The molecule has 0 unspecified atom stereocenters. The molecule has 0 heterocycles. The van der Waals surface area contributed by atoms with Gasteiger partial charge in [0.15, 0.2) is 0 Å². The first kappa shape index (κ1) is 21.9. The predicted molar refractivity (Wildman–Crippen MR) is 108 cm³/mol. The minimum absolute atomic E-state index is 0.00986. The van der Waals surface area contributed by atoms with Crippen molar-refractivity contribution in [1.29, 1.82) is 0 Å². The maximum absolute atomic E-state index is 14.1. The minimum atomic E-state index is -0.749. The van der Waals surface area contributed by atoms with E-state index in [-0.39, 0.29) is 29.9 Å². The van der Waals surface area contributed by atoms with Crippen LogP contribution in [0.4, 0.5) is 8.78 Å². The fourth-order valence-corrected chi connectivity index (χ4v) is 3.56. The average molecular weight is 406 g/mol. The van der Waals surface area contributed by atoms with Crippen LogP contribution in [0, 0.1) is 11.6 Å². The average Bonchev–Trinajstić information content (AvgIpc) is 2.68. The molecule has 2 aromatic rings. The van der Waals surface area contributed by atoms with Gasteiger partial charge in [-0.15, -0.1) is 11.8 Å². The summed E-state index contributed by atoms with van der Waals surface area (Å²) in [6.07, 6.45) is 0. The Kier molecular flexibility index (Phi) is 8.44. The summed E-state index contributed by atoms with van der Waals surface area (Å²) in [6.45, 7) is 3.83. The van der Waals surface area contributed by atoms with Crippen LogP contribution in [0.5, 0.6) is 0 Å². The SMILES string of the molecule is CCNC(=O)[C@@H](C)N(Cc1ccccc1F)C(=O)CSCc1ccccc1F. The molecule has 4 nitrogen and oxygen atoms in total. The maximum Gasteiger partial charge on any atom is 0.242 e. The van der Waals surface area contributed by atoms with E-state index >= 15 is 0 Å². The molecular weight excluding hydrogens is 382 g/mol. The molecule has 0 fully saturated rings. The van der Waals surface area contributed by atoms with Crippen LogP contribution in [-0.4, -0.2) is 35.1 Å². The molecule has 28 heavy (non-hydrogen) atoms. The molecule has 2 rings (SSSR count). The van der Waals surface area contributed by atoms with E-state index in [9.17, 15) is 18.4 Å². The highest BCUT2D eigenvalue weighted by atomic mass is 32.2. The van der Waals surface area contributed by atoms with Crippen LogP contribution in [0.1, 0.15) is 25.0 Å². The van der Waals surface area contributed by atoms with Crippen LogP contribution in [-0.2, 0) is 21.9 Å². The van der Waals surface area contributed by atoms with E-state index < -0.39 is 11.9 Å². The molecule has 0 aromatic heterocycles. The molecule has 0 saturated heterocycles. The van der Waals surface area contributed by atoms with Crippen LogP contribution < -0.4 is 5.32 Å². The number of carbonyl (C=O) groups is 2. The number of halogens is 2. The Labute approximate surface area is 168 Å². The number of nitrogens with one attached hydrogen (secondary N) is 1. The maximum atomic E-state index is 14.1. The lowest BCUT2D eigenvalue weighted by Gasteiger charge is -2.28. The van der Waals surface area contributed by atoms with E-state index in [2.05, 4.69) is 5.32 Å². The minimum Gasteiger partial charge on any atom is -0.355 e. The summed E-state index contributed by atoms with van der Waals surface area (Å²) in [5, 5.41) is 2.69. The van der Waals surface area contributed by atoms with Crippen molar-refractivity contribution in [2.75, 3.05) is 12.3 Å². The van der Waals surface area contributed by atoms with Gasteiger partial charge in [-0.1, -0.05) is 36.4 Å². The zero-order chi connectivity index (χ0) is 20.5. The van der Waals surface area contributed by atoms with Crippen molar-refractivity contribution in [3.8, 4) is 0 Å². The molecule has 0 radical (unpaired) electrons. The van der Waals surface area contributed by atoms with Gasteiger partial charge in [-0.05, 0) is 31.5 Å². The number of hydrogen-bond donors (Lipinski definition) is 1. The van der Waals surface area contributed by atoms with Crippen LogP contribution in [0.2, 0.25) is 0 Å². The molecule has 2 amide bonds. The first-order valence-corrected chi connectivity index (χ1v) is 10.2. The van der Waals surface area contributed by atoms with Crippen molar-refractivity contribution >= 4 is 23.6 Å². The number of benzene rings is 2. The van der Waals surface area contributed by atoms with E-state index in [1.165, 1.54) is 28.8 Å². The smallest absolute Gasteiger partial charge is 0.242 e. The van der Waals surface area contributed by atoms with Crippen molar-refractivity contribution in [2.45, 2.75) is 32.2 Å². The van der Waals surface area contributed by atoms with Crippen LogP contribution in [0.15, 0.2) is 48.5 Å². The highest BCUT2D eigenvalue weighted by Gasteiger charge is 2.26. The summed E-state index contributed by atoms with van der Waals surface area (Å²) in [7, 11) is 0. The Morgan fingerprint density at radius 2 is 1.61 bits per heavy atom. The van der Waals surface area contributed by atoms with Crippen LogP contribution in [0.25, 0.3) is 0 Å². The van der Waals surface area contributed by atoms with Gasteiger partial charge in [0.25, 0.3) is 0 Å². The normalized spacial score (nSPS) is 11.7. The van der Waals surface area contributed by atoms with Gasteiger partial charge >= 0.3 is 0 Å². The number of amides is 2. The third-order valence-corrected chi connectivity index (χ3v) is 5.22. The van der Waals surface area contributed by atoms with Gasteiger partial charge in [-0.25, -0.2) is 8.78 Å². The number of hydrogen-bond acceptors (Lipinski definition) is 3. The second kappa shape index (κ2) is 10.8. The summed E-state index contributed by atoms with van der Waals surface area (Å²) in [4.78, 5) is 26.4. The van der Waals surface area contributed by atoms with Gasteiger partial charge in [-0.2, -0.15) is 0 Å². The molecule has 150 valence electrons. The topological polar surface area (TPSA) is 49.4 Å². The van der Waals surface area contributed by atoms with Crippen molar-refractivity contribution in [3.63, 3.8) is 0 Å². The summed E-state index contributed by atoms with van der Waals surface area (Å²) in [6, 6.07) is 11.8. The van der Waals surface area contributed by atoms with Gasteiger partial charge in [0.2, 0.25) is 11.8 Å². The number of nitrogens with zero attached hydrogens (tertiary/aromatic N) is 1. The fraction of sp³-hybridized carbons (Fsp3) is 0.333. The van der Waals surface area contributed by atoms with E-state index in [4.69, 9.17) is 0 Å². The molecule has 0 bridgehead atoms. The van der Waals surface area contributed by atoms with Crippen molar-refractivity contribution in [1.82, 2.24) is 10.2 Å². The molecular formula is C21H24F2N2O2S. The van der Waals surface area contributed by atoms with E-state index in [1.807, 2.05) is 0 Å². The zero-order valence-corrected chi connectivity index (χ0v) is 16.8. The largest absolute Gasteiger partial charge is 0.355 e. The molecule has 1 atom stereocenters. The predicted octanol–water partition coefficient (Wildman–Crippen LogP) is 3.75. The Hall–Kier alpha value is -2.41. The van der Waals surface area contributed by atoms with Gasteiger partial charge in [0.1, 0.15) is 17.7 Å². The molecule has 0 aliphatic heterocycles. The second-order valence-electron chi connectivity index (χ2n) is 6.27. The van der Waals surface area contributed by atoms with E-state index in [0.29, 0.717) is 23.4 Å². The fourth-order valence-electron chi connectivity index (χ4n) is 2.66. The zero-order valence-electron chi connectivity index (χ0n) is 16.0. The monoisotopic (exact) mass is 406 g/mol. The molecule has 0 spiro atoms. The number of carbonyl (C=O) groups excluding carboxylic acids is 2. The Balaban J connectivity index is 2.08. The number of thioether (sulfide) groups is 1. The highest BCUT2D eigenvalue weighted by Crippen LogP contribution is 2.18. The summed E-state index contributed by atoms with van der Waals surface area (Å²) >= 11 is 1.26. The lowest BCUT2D eigenvalue weighted by Crippen LogP contribution is -2.48. The first-order chi connectivity index (χ1) is 13.4.